The number of hydrogen-bond donors (Lipinski definition) is 4. The van der Waals surface area contributed by atoms with Gasteiger partial charge in [0.2, 0.25) is 10.0 Å². The van der Waals surface area contributed by atoms with Gasteiger partial charge in [-0.25, -0.2) is 18.1 Å². The fourth-order valence-corrected chi connectivity index (χ4v) is 4.78. The van der Waals surface area contributed by atoms with Crippen LogP contribution in [0.15, 0.2) is 78.0 Å². The first-order valence-electron chi connectivity index (χ1n) is 11.9. The Labute approximate surface area is 216 Å². The van der Waals surface area contributed by atoms with Crippen LogP contribution in [0, 0.1) is 0 Å². The molecule has 4 aromatic rings. The summed E-state index contributed by atoms with van der Waals surface area (Å²) in [5, 5.41) is 27.4. The van der Waals surface area contributed by atoms with Gasteiger partial charge in [0.1, 0.15) is 23.0 Å². The van der Waals surface area contributed by atoms with Crippen molar-refractivity contribution >= 4 is 15.8 Å². The summed E-state index contributed by atoms with van der Waals surface area (Å²) in [5.41, 5.74) is 3.16. The topological polar surface area (TPSA) is 129 Å². The summed E-state index contributed by atoms with van der Waals surface area (Å²) < 4.78 is 29.2. The molecule has 0 unspecified atom stereocenters. The number of nitrogens with zero attached hydrogens (tertiary/aromatic N) is 3. The van der Waals surface area contributed by atoms with Gasteiger partial charge in [-0.1, -0.05) is 12.1 Å². The minimum atomic E-state index is -3.64. The molecule has 0 spiro atoms. The van der Waals surface area contributed by atoms with Crippen LogP contribution in [0.1, 0.15) is 27.2 Å². The maximum atomic E-state index is 12.4. The van der Waals surface area contributed by atoms with Gasteiger partial charge in [-0.15, -0.1) is 0 Å². The van der Waals surface area contributed by atoms with Gasteiger partial charge in [0.05, 0.1) is 10.4 Å². The number of phenols is 2. The summed E-state index contributed by atoms with van der Waals surface area (Å²) in [5.74, 6) is 0.841. The number of aromatic nitrogens is 3. The highest BCUT2D eigenvalue weighted by Gasteiger charge is 2.20. The van der Waals surface area contributed by atoms with Crippen molar-refractivity contribution in [1.29, 1.82) is 0 Å². The number of hydrogen-bond acceptors (Lipinski definition) is 7. The van der Waals surface area contributed by atoms with Crippen molar-refractivity contribution < 1.29 is 18.6 Å². The van der Waals surface area contributed by atoms with E-state index in [1.54, 1.807) is 24.4 Å². The van der Waals surface area contributed by atoms with Crippen LogP contribution in [0.25, 0.3) is 22.4 Å². The van der Waals surface area contributed by atoms with Crippen molar-refractivity contribution in [1.82, 2.24) is 19.5 Å². The van der Waals surface area contributed by atoms with E-state index in [0.29, 0.717) is 18.8 Å². The molecule has 0 bridgehead atoms. The van der Waals surface area contributed by atoms with Crippen molar-refractivity contribution in [3.8, 4) is 33.9 Å². The zero-order valence-corrected chi connectivity index (χ0v) is 21.8. The molecular formula is C27H31N5O4S. The van der Waals surface area contributed by atoms with Gasteiger partial charge in [-0.2, -0.15) is 5.10 Å². The Morgan fingerprint density at radius 2 is 1.68 bits per heavy atom. The van der Waals surface area contributed by atoms with Gasteiger partial charge in [-0.05, 0) is 81.3 Å². The normalized spacial score (nSPS) is 12.0. The third kappa shape index (κ3) is 6.46. The molecule has 0 saturated carbocycles. The molecule has 4 rings (SSSR count). The lowest BCUT2D eigenvalue weighted by Crippen LogP contribution is -2.26. The van der Waals surface area contributed by atoms with Crippen molar-refractivity contribution in [2.24, 2.45) is 0 Å². The minimum Gasteiger partial charge on any atom is -0.508 e. The number of rotatable bonds is 9. The Kier molecular flexibility index (Phi) is 7.51. The Morgan fingerprint density at radius 3 is 2.38 bits per heavy atom. The third-order valence-corrected chi connectivity index (χ3v) is 7.17. The lowest BCUT2D eigenvalue weighted by molar-refractivity contribution is 0.356. The van der Waals surface area contributed by atoms with Gasteiger partial charge < -0.3 is 15.5 Å². The van der Waals surface area contributed by atoms with Crippen molar-refractivity contribution in [3.63, 3.8) is 0 Å². The lowest BCUT2D eigenvalue weighted by atomic mass is 10.0. The molecule has 0 aliphatic heterocycles. The van der Waals surface area contributed by atoms with E-state index in [2.05, 4.69) is 35.8 Å². The van der Waals surface area contributed by atoms with Crippen LogP contribution < -0.4 is 10.0 Å². The standard InChI is InChI=1S/C27H31N5O4S/c1-27(2,3)32-18-24(26(31-32)20-6-4-7-22(34)16-20)19-12-15-29-25(17-19)28-13-5-14-30-37(35,36)23-10-8-21(33)9-11-23/h4,6-12,15-18,30,33-34H,5,13-14H2,1-3H3,(H,28,29). The monoisotopic (exact) mass is 521 g/mol. The quantitative estimate of drug-likeness (QED) is 0.238. The smallest absolute Gasteiger partial charge is 0.240 e. The number of nitrogens with one attached hydrogen (secondary N) is 2. The molecule has 194 valence electrons. The van der Waals surface area contributed by atoms with E-state index in [4.69, 9.17) is 5.10 Å². The van der Waals surface area contributed by atoms with Gasteiger partial charge >= 0.3 is 0 Å². The molecule has 0 amide bonds. The number of pyridine rings is 1. The molecule has 10 heteroatoms. The lowest BCUT2D eigenvalue weighted by Gasteiger charge is -2.18. The molecule has 0 aliphatic carbocycles. The Hall–Kier alpha value is -3.89. The molecule has 0 aliphatic rings. The number of aromatic hydroxyl groups is 2. The van der Waals surface area contributed by atoms with Crippen LogP contribution in [0.2, 0.25) is 0 Å². The molecule has 9 nitrogen and oxygen atoms in total. The SMILES string of the molecule is CC(C)(C)n1cc(-c2ccnc(NCCCNS(=O)(=O)c3ccc(O)cc3)c2)c(-c2cccc(O)c2)n1. The number of sulfonamides is 1. The highest BCUT2D eigenvalue weighted by Crippen LogP contribution is 2.34. The van der Waals surface area contributed by atoms with Crippen LogP contribution in [-0.4, -0.2) is 46.5 Å². The van der Waals surface area contributed by atoms with E-state index in [9.17, 15) is 18.6 Å². The zero-order valence-electron chi connectivity index (χ0n) is 21.0. The van der Waals surface area contributed by atoms with Gasteiger partial charge in [-0.3, -0.25) is 4.68 Å². The summed E-state index contributed by atoms with van der Waals surface area (Å²) in [7, 11) is -3.64. The van der Waals surface area contributed by atoms with Crippen LogP contribution in [0.5, 0.6) is 11.5 Å². The van der Waals surface area contributed by atoms with Crippen molar-refractivity contribution in [2.45, 2.75) is 37.6 Å². The van der Waals surface area contributed by atoms with E-state index in [1.165, 1.54) is 24.3 Å². The molecule has 0 atom stereocenters. The minimum absolute atomic E-state index is 0.0117. The molecule has 37 heavy (non-hydrogen) atoms. The van der Waals surface area contributed by atoms with Crippen LogP contribution in [0.4, 0.5) is 5.82 Å². The molecule has 0 fully saturated rings. The van der Waals surface area contributed by atoms with E-state index < -0.39 is 10.0 Å². The Bertz CT molecular complexity index is 1480. The van der Waals surface area contributed by atoms with E-state index in [-0.39, 0.29) is 28.5 Å². The Balaban J connectivity index is 1.45. The van der Waals surface area contributed by atoms with Gasteiger partial charge in [0, 0.05) is 36.6 Å². The second kappa shape index (κ2) is 10.6. The van der Waals surface area contributed by atoms with Crippen LogP contribution in [-0.2, 0) is 15.6 Å². The van der Waals surface area contributed by atoms with E-state index in [1.807, 2.05) is 29.1 Å². The van der Waals surface area contributed by atoms with Crippen molar-refractivity contribution in [3.05, 3.63) is 73.1 Å². The predicted molar refractivity (Wildman–Crippen MR) is 144 cm³/mol. The number of phenolic OH excluding ortho intramolecular Hbond substituents is 2. The first-order chi connectivity index (χ1) is 17.5. The second-order valence-corrected chi connectivity index (χ2v) is 11.4. The average molecular weight is 522 g/mol. The molecule has 0 radical (unpaired) electrons. The summed E-state index contributed by atoms with van der Waals surface area (Å²) in [4.78, 5) is 4.50. The first-order valence-corrected chi connectivity index (χ1v) is 13.4. The largest absolute Gasteiger partial charge is 0.508 e. The number of anilines is 1. The average Bonchev–Trinajstić information content (AvgIpc) is 3.31. The second-order valence-electron chi connectivity index (χ2n) is 9.66. The predicted octanol–water partition coefficient (Wildman–Crippen LogP) is 4.56. The molecule has 2 aromatic carbocycles. The fraction of sp³-hybridized carbons (Fsp3) is 0.259. The highest BCUT2D eigenvalue weighted by atomic mass is 32.2. The Morgan fingerprint density at radius 1 is 0.919 bits per heavy atom. The summed E-state index contributed by atoms with van der Waals surface area (Å²) in [6.07, 6.45) is 4.25. The summed E-state index contributed by atoms with van der Waals surface area (Å²) in [6, 6.07) is 16.3. The van der Waals surface area contributed by atoms with E-state index in [0.717, 1.165) is 22.4 Å². The molecule has 4 N–H and O–H groups in total. The molecule has 2 heterocycles. The summed E-state index contributed by atoms with van der Waals surface area (Å²) in [6.45, 7) is 6.98. The van der Waals surface area contributed by atoms with Crippen LogP contribution >= 0.6 is 0 Å². The maximum Gasteiger partial charge on any atom is 0.240 e. The molecule has 0 saturated heterocycles. The fourth-order valence-electron chi connectivity index (χ4n) is 3.71. The van der Waals surface area contributed by atoms with Gasteiger partial charge in [0.25, 0.3) is 0 Å². The molecular weight excluding hydrogens is 490 g/mol. The number of benzene rings is 2. The zero-order chi connectivity index (χ0) is 26.6. The van der Waals surface area contributed by atoms with Crippen molar-refractivity contribution in [2.75, 3.05) is 18.4 Å². The van der Waals surface area contributed by atoms with Gasteiger partial charge in [0.15, 0.2) is 0 Å². The maximum absolute atomic E-state index is 12.4. The highest BCUT2D eigenvalue weighted by molar-refractivity contribution is 7.89. The summed E-state index contributed by atoms with van der Waals surface area (Å²) >= 11 is 0. The van der Waals surface area contributed by atoms with E-state index >= 15 is 0 Å². The first kappa shape index (κ1) is 26.2. The van der Waals surface area contributed by atoms with Crippen LogP contribution in [0.3, 0.4) is 0 Å². The third-order valence-electron chi connectivity index (χ3n) is 5.69. The molecule has 2 aromatic heterocycles.